The van der Waals surface area contributed by atoms with Gasteiger partial charge in [-0.05, 0) is 72.9 Å². The van der Waals surface area contributed by atoms with E-state index in [2.05, 4.69) is 24.5 Å². The summed E-state index contributed by atoms with van der Waals surface area (Å²) in [5, 5.41) is 6.38. The average Bonchev–Trinajstić information content (AvgIpc) is 2.80. The van der Waals surface area contributed by atoms with Crippen LogP contribution in [0.5, 0.6) is 5.75 Å². The van der Waals surface area contributed by atoms with Crippen molar-refractivity contribution in [2.45, 2.75) is 33.6 Å². The Hall–Kier alpha value is -3.31. The SMILES string of the molecule is CCc1cccc(CC)c1NC(=O)c1ccc(OCC(=O)Nc2ccc(C)c(Cl)c2)cc1. The van der Waals surface area contributed by atoms with Crippen LogP contribution in [0.15, 0.2) is 60.7 Å². The molecule has 0 saturated heterocycles. The number of benzene rings is 3. The lowest BCUT2D eigenvalue weighted by Gasteiger charge is -2.14. The molecule has 0 radical (unpaired) electrons. The standard InChI is InChI=1S/C26H27ClN2O3/c1-4-18-7-6-8-19(5-2)25(18)29-26(31)20-10-13-22(14-11-20)32-16-24(30)28-21-12-9-17(3)23(27)15-21/h6-15H,4-5,16H2,1-3H3,(H,28,30)(H,29,31). The molecule has 0 saturated carbocycles. The van der Waals surface area contributed by atoms with Gasteiger partial charge in [-0.2, -0.15) is 0 Å². The van der Waals surface area contributed by atoms with Gasteiger partial charge in [0.15, 0.2) is 6.61 Å². The molecule has 32 heavy (non-hydrogen) atoms. The summed E-state index contributed by atoms with van der Waals surface area (Å²) in [6.07, 6.45) is 1.68. The number of carbonyl (C=O) groups is 2. The van der Waals surface area contributed by atoms with Crippen molar-refractivity contribution in [3.8, 4) is 5.75 Å². The molecule has 3 aromatic carbocycles. The predicted molar refractivity (Wildman–Crippen MR) is 130 cm³/mol. The minimum atomic E-state index is -0.296. The van der Waals surface area contributed by atoms with Crippen LogP contribution in [-0.2, 0) is 17.6 Å². The fourth-order valence-corrected chi connectivity index (χ4v) is 3.49. The van der Waals surface area contributed by atoms with Crippen LogP contribution in [0, 0.1) is 6.92 Å². The third-order valence-electron chi connectivity index (χ3n) is 5.18. The maximum atomic E-state index is 12.8. The topological polar surface area (TPSA) is 67.4 Å². The minimum Gasteiger partial charge on any atom is -0.484 e. The zero-order valence-corrected chi connectivity index (χ0v) is 19.3. The highest BCUT2D eigenvalue weighted by molar-refractivity contribution is 6.31. The van der Waals surface area contributed by atoms with Crippen molar-refractivity contribution in [1.29, 1.82) is 0 Å². The summed E-state index contributed by atoms with van der Waals surface area (Å²) in [7, 11) is 0. The molecule has 0 aromatic heterocycles. The second-order valence-corrected chi connectivity index (χ2v) is 7.84. The molecular formula is C26H27ClN2O3. The number of nitrogens with one attached hydrogen (secondary N) is 2. The van der Waals surface area contributed by atoms with Gasteiger partial charge in [0.1, 0.15) is 5.75 Å². The molecule has 0 aliphatic heterocycles. The van der Waals surface area contributed by atoms with E-state index in [-0.39, 0.29) is 18.4 Å². The second-order valence-electron chi connectivity index (χ2n) is 7.44. The zero-order chi connectivity index (χ0) is 23.1. The Morgan fingerprint density at radius 2 is 1.56 bits per heavy atom. The molecule has 6 heteroatoms. The number of anilines is 2. The van der Waals surface area contributed by atoms with Crippen LogP contribution in [-0.4, -0.2) is 18.4 Å². The highest BCUT2D eigenvalue weighted by atomic mass is 35.5. The average molecular weight is 451 g/mol. The van der Waals surface area contributed by atoms with E-state index in [0.29, 0.717) is 22.0 Å². The van der Waals surface area contributed by atoms with Crippen molar-refractivity contribution in [3.63, 3.8) is 0 Å². The summed E-state index contributed by atoms with van der Waals surface area (Å²) in [4.78, 5) is 24.9. The number of hydrogen-bond donors (Lipinski definition) is 2. The molecule has 0 aliphatic rings. The third-order valence-corrected chi connectivity index (χ3v) is 5.59. The molecule has 166 valence electrons. The number of halogens is 1. The molecule has 0 unspecified atom stereocenters. The van der Waals surface area contributed by atoms with Crippen molar-refractivity contribution >= 4 is 34.8 Å². The molecule has 5 nitrogen and oxygen atoms in total. The van der Waals surface area contributed by atoms with E-state index in [4.69, 9.17) is 16.3 Å². The van der Waals surface area contributed by atoms with Crippen LogP contribution < -0.4 is 15.4 Å². The van der Waals surface area contributed by atoms with Crippen molar-refractivity contribution in [2.75, 3.05) is 17.2 Å². The van der Waals surface area contributed by atoms with Crippen molar-refractivity contribution in [1.82, 2.24) is 0 Å². The number of aryl methyl sites for hydroxylation is 3. The first-order valence-corrected chi connectivity index (χ1v) is 11.0. The Balaban J connectivity index is 1.58. The summed E-state index contributed by atoms with van der Waals surface area (Å²) in [5.41, 5.74) is 5.17. The van der Waals surface area contributed by atoms with E-state index < -0.39 is 0 Å². The van der Waals surface area contributed by atoms with Gasteiger partial charge in [-0.25, -0.2) is 0 Å². The molecule has 0 atom stereocenters. The largest absolute Gasteiger partial charge is 0.484 e. The number of rotatable bonds is 8. The monoisotopic (exact) mass is 450 g/mol. The molecular weight excluding hydrogens is 424 g/mol. The Kier molecular flexibility index (Phi) is 7.90. The first-order valence-electron chi connectivity index (χ1n) is 10.6. The lowest BCUT2D eigenvalue weighted by molar-refractivity contribution is -0.118. The first-order chi connectivity index (χ1) is 15.4. The van der Waals surface area contributed by atoms with Crippen molar-refractivity contribution in [2.24, 2.45) is 0 Å². The Morgan fingerprint density at radius 1 is 0.906 bits per heavy atom. The number of hydrogen-bond acceptors (Lipinski definition) is 3. The smallest absolute Gasteiger partial charge is 0.262 e. The molecule has 2 N–H and O–H groups in total. The molecule has 0 aliphatic carbocycles. The van der Waals surface area contributed by atoms with Gasteiger partial charge < -0.3 is 15.4 Å². The van der Waals surface area contributed by atoms with Crippen LogP contribution in [0.4, 0.5) is 11.4 Å². The van der Waals surface area contributed by atoms with Crippen molar-refractivity contribution < 1.29 is 14.3 Å². The molecule has 0 spiro atoms. The van der Waals surface area contributed by atoms with Crippen LogP contribution in [0.1, 0.15) is 40.9 Å². The van der Waals surface area contributed by atoms with Gasteiger partial charge in [0.2, 0.25) is 0 Å². The van der Waals surface area contributed by atoms with Gasteiger partial charge in [-0.3, -0.25) is 9.59 Å². The van der Waals surface area contributed by atoms with Crippen LogP contribution in [0.3, 0.4) is 0 Å². The van der Waals surface area contributed by atoms with Gasteiger partial charge in [-0.15, -0.1) is 0 Å². The van der Waals surface area contributed by atoms with E-state index >= 15 is 0 Å². The van der Waals surface area contributed by atoms with Gasteiger partial charge in [0, 0.05) is 22.0 Å². The van der Waals surface area contributed by atoms with E-state index in [9.17, 15) is 9.59 Å². The summed E-state index contributed by atoms with van der Waals surface area (Å²) in [6, 6.07) is 18.1. The highest BCUT2D eigenvalue weighted by Gasteiger charge is 2.12. The summed E-state index contributed by atoms with van der Waals surface area (Å²) in [6.45, 7) is 5.88. The number of para-hydroxylation sites is 1. The Labute approximate surface area is 193 Å². The molecule has 0 fully saturated rings. The molecule has 0 bridgehead atoms. The second kappa shape index (κ2) is 10.8. The van der Waals surface area contributed by atoms with E-state index in [1.807, 2.05) is 31.2 Å². The third kappa shape index (κ3) is 5.89. The van der Waals surface area contributed by atoms with E-state index in [1.54, 1.807) is 36.4 Å². The van der Waals surface area contributed by atoms with E-state index in [1.165, 1.54) is 0 Å². The number of amides is 2. The maximum absolute atomic E-state index is 12.8. The summed E-state index contributed by atoms with van der Waals surface area (Å²) >= 11 is 6.08. The molecule has 2 amide bonds. The van der Waals surface area contributed by atoms with Gasteiger partial charge in [-0.1, -0.05) is 49.7 Å². The number of ether oxygens (including phenoxy) is 1. The zero-order valence-electron chi connectivity index (χ0n) is 18.5. The fourth-order valence-electron chi connectivity index (χ4n) is 3.31. The van der Waals surface area contributed by atoms with E-state index in [0.717, 1.165) is 35.2 Å². The fraction of sp³-hybridized carbons (Fsp3) is 0.231. The number of carbonyl (C=O) groups excluding carboxylic acids is 2. The molecule has 0 heterocycles. The first kappa shape index (κ1) is 23.4. The predicted octanol–water partition coefficient (Wildman–Crippen LogP) is 6.04. The Bertz CT molecular complexity index is 1090. The highest BCUT2D eigenvalue weighted by Crippen LogP contribution is 2.24. The van der Waals surface area contributed by atoms with Crippen LogP contribution >= 0.6 is 11.6 Å². The van der Waals surface area contributed by atoms with Crippen LogP contribution in [0.25, 0.3) is 0 Å². The quantitative estimate of drug-likeness (QED) is 0.439. The maximum Gasteiger partial charge on any atom is 0.262 e. The lowest BCUT2D eigenvalue weighted by atomic mass is 10.0. The summed E-state index contributed by atoms with van der Waals surface area (Å²) < 4.78 is 5.54. The molecule has 3 aromatic rings. The normalized spacial score (nSPS) is 10.5. The Morgan fingerprint density at radius 3 is 2.16 bits per heavy atom. The lowest BCUT2D eigenvalue weighted by Crippen LogP contribution is -2.20. The van der Waals surface area contributed by atoms with Gasteiger partial charge in [0.25, 0.3) is 11.8 Å². The van der Waals surface area contributed by atoms with Gasteiger partial charge in [0.05, 0.1) is 0 Å². The van der Waals surface area contributed by atoms with Gasteiger partial charge >= 0.3 is 0 Å². The van der Waals surface area contributed by atoms with Crippen molar-refractivity contribution in [3.05, 3.63) is 87.9 Å². The molecule has 3 rings (SSSR count). The minimum absolute atomic E-state index is 0.152. The summed E-state index contributed by atoms with van der Waals surface area (Å²) in [5.74, 6) is 0.0259. The van der Waals surface area contributed by atoms with Crippen LogP contribution in [0.2, 0.25) is 5.02 Å².